The van der Waals surface area contributed by atoms with E-state index >= 15 is 0 Å². The van der Waals surface area contributed by atoms with E-state index in [-0.39, 0.29) is 0 Å². The second kappa shape index (κ2) is 6.30. The van der Waals surface area contributed by atoms with E-state index < -0.39 is 29.3 Å². The summed E-state index contributed by atoms with van der Waals surface area (Å²) in [5.74, 6) is -2.18. The Hall–Kier alpha value is -1.49. The van der Waals surface area contributed by atoms with E-state index in [1.165, 1.54) is 6.07 Å². The smallest absolute Gasteiger partial charge is 0.241 e. The highest BCUT2D eigenvalue weighted by Gasteiger charge is 2.16. The number of para-hydroxylation sites is 1. The standard InChI is InChI=1S/C12H16F2N2O/c1-2-3-7-10(15)12(17)16-11-8(13)5-4-6-9(11)14/h4-6,10H,2-3,7,15H2,1H3,(H,16,17)/t10-/m0/s1. The first-order valence-electron chi connectivity index (χ1n) is 5.56. The SMILES string of the molecule is CCCC[C@H](N)C(=O)Nc1c(F)cccc1F. The number of carbonyl (C=O) groups is 1. The third kappa shape index (κ3) is 3.78. The van der Waals surface area contributed by atoms with Crippen molar-refractivity contribution in [2.75, 3.05) is 5.32 Å². The van der Waals surface area contributed by atoms with Gasteiger partial charge in [-0.25, -0.2) is 8.78 Å². The van der Waals surface area contributed by atoms with Gasteiger partial charge in [-0.2, -0.15) is 0 Å². The molecule has 0 aliphatic heterocycles. The molecule has 0 aromatic heterocycles. The van der Waals surface area contributed by atoms with Gasteiger partial charge in [0.1, 0.15) is 17.3 Å². The third-order valence-corrected chi connectivity index (χ3v) is 2.42. The summed E-state index contributed by atoms with van der Waals surface area (Å²) >= 11 is 0. The van der Waals surface area contributed by atoms with Crippen LogP contribution in [-0.4, -0.2) is 11.9 Å². The molecule has 0 unspecified atom stereocenters. The van der Waals surface area contributed by atoms with Gasteiger partial charge in [-0.3, -0.25) is 4.79 Å². The average molecular weight is 242 g/mol. The molecule has 1 atom stereocenters. The fraction of sp³-hybridized carbons (Fsp3) is 0.417. The molecule has 0 saturated heterocycles. The molecule has 94 valence electrons. The second-order valence-corrected chi connectivity index (χ2v) is 3.83. The van der Waals surface area contributed by atoms with Crippen molar-refractivity contribution in [3.05, 3.63) is 29.8 Å². The molecule has 0 aliphatic carbocycles. The number of rotatable bonds is 5. The number of amides is 1. The topological polar surface area (TPSA) is 55.1 Å². The van der Waals surface area contributed by atoms with Crippen LogP contribution in [0.15, 0.2) is 18.2 Å². The van der Waals surface area contributed by atoms with Crippen molar-refractivity contribution in [3.8, 4) is 0 Å². The Labute approximate surface area is 99.0 Å². The summed E-state index contributed by atoms with van der Waals surface area (Å²) in [5, 5.41) is 2.17. The Morgan fingerprint density at radius 2 is 2.00 bits per heavy atom. The fourth-order valence-corrected chi connectivity index (χ4v) is 1.39. The maximum atomic E-state index is 13.2. The summed E-state index contributed by atoms with van der Waals surface area (Å²) in [6.07, 6.45) is 2.21. The third-order valence-electron chi connectivity index (χ3n) is 2.42. The first-order chi connectivity index (χ1) is 8.06. The molecule has 1 aromatic carbocycles. The zero-order valence-corrected chi connectivity index (χ0v) is 9.67. The van der Waals surface area contributed by atoms with Crippen molar-refractivity contribution < 1.29 is 13.6 Å². The van der Waals surface area contributed by atoms with Gasteiger partial charge in [-0.05, 0) is 18.6 Å². The van der Waals surface area contributed by atoms with Gasteiger partial charge < -0.3 is 11.1 Å². The van der Waals surface area contributed by atoms with Crippen molar-refractivity contribution in [2.45, 2.75) is 32.2 Å². The minimum Gasteiger partial charge on any atom is -0.320 e. The Morgan fingerprint density at radius 3 is 2.53 bits per heavy atom. The van der Waals surface area contributed by atoms with Crippen LogP contribution in [0.25, 0.3) is 0 Å². The number of anilines is 1. The van der Waals surface area contributed by atoms with E-state index in [2.05, 4.69) is 5.32 Å². The summed E-state index contributed by atoms with van der Waals surface area (Å²) in [4.78, 5) is 11.6. The molecule has 17 heavy (non-hydrogen) atoms. The first-order valence-corrected chi connectivity index (χ1v) is 5.56. The van der Waals surface area contributed by atoms with E-state index in [4.69, 9.17) is 5.73 Å². The number of hydrogen-bond donors (Lipinski definition) is 2. The lowest BCUT2D eigenvalue weighted by Gasteiger charge is -2.12. The lowest BCUT2D eigenvalue weighted by atomic mass is 10.1. The van der Waals surface area contributed by atoms with Gasteiger partial charge in [0.05, 0.1) is 6.04 Å². The summed E-state index contributed by atoms with van der Waals surface area (Å²) in [5.41, 5.74) is 5.15. The first kappa shape index (κ1) is 13.6. The molecule has 1 aromatic rings. The molecule has 0 saturated carbocycles. The Balaban J connectivity index is 2.68. The maximum absolute atomic E-state index is 13.2. The maximum Gasteiger partial charge on any atom is 0.241 e. The predicted molar refractivity (Wildman–Crippen MR) is 62.5 cm³/mol. The van der Waals surface area contributed by atoms with Crippen molar-refractivity contribution in [2.24, 2.45) is 5.73 Å². The summed E-state index contributed by atoms with van der Waals surface area (Å²) in [6, 6.07) is 2.65. The normalized spacial score (nSPS) is 12.2. The van der Waals surface area contributed by atoms with E-state index in [0.717, 1.165) is 25.0 Å². The van der Waals surface area contributed by atoms with Crippen molar-refractivity contribution in [1.82, 2.24) is 0 Å². The van der Waals surface area contributed by atoms with E-state index in [1.54, 1.807) is 0 Å². The molecule has 0 fully saturated rings. The molecule has 3 nitrogen and oxygen atoms in total. The average Bonchev–Trinajstić information content (AvgIpc) is 2.30. The van der Waals surface area contributed by atoms with E-state index in [0.29, 0.717) is 6.42 Å². The number of nitrogens with one attached hydrogen (secondary N) is 1. The van der Waals surface area contributed by atoms with Crippen LogP contribution >= 0.6 is 0 Å². The number of halogens is 2. The number of benzene rings is 1. The summed E-state index contributed by atoms with van der Waals surface area (Å²) in [6.45, 7) is 1.97. The van der Waals surface area contributed by atoms with Crippen molar-refractivity contribution in [3.63, 3.8) is 0 Å². The van der Waals surface area contributed by atoms with Gasteiger partial charge in [0, 0.05) is 0 Å². The van der Waals surface area contributed by atoms with Crippen LogP contribution in [-0.2, 0) is 4.79 Å². The van der Waals surface area contributed by atoms with Gasteiger partial charge in [0.15, 0.2) is 0 Å². The zero-order chi connectivity index (χ0) is 12.8. The fourth-order valence-electron chi connectivity index (χ4n) is 1.39. The van der Waals surface area contributed by atoms with Gasteiger partial charge >= 0.3 is 0 Å². The molecular formula is C12H16F2N2O. The molecule has 0 aliphatic rings. The highest BCUT2D eigenvalue weighted by Crippen LogP contribution is 2.18. The molecule has 1 amide bonds. The lowest BCUT2D eigenvalue weighted by molar-refractivity contribution is -0.117. The highest BCUT2D eigenvalue weighted by molar-refractivity contribution is 5.94. The Morgan fingerprint density at radius 1 is 1.41 bits per heavy atom. The molecule has 3 N–H and O–H groups in total. The predicted octanol–water partition coefficient (Wildman–Crippen LogP) is 2.42. The molecule has 5 heteroatoms. The van der Waals surface area contributed by atoms with Crippen LogP contribution in [0.2, 0.25) is 0 Å². The van der Waals surface area contributed by atoms with E-state index in [1.807, 2.05) is 6.92 Å². The minimum atomic E-state index is -0.805. The van der Waals surface area contributed by atoms with Gasteiger partial charge in [0.25, 0.3) is 0 Å². The van der Waals surface area contributed by atoms with Crippen LogP contribution in [0.4, 0.5) is 14.5 Å². The van der Waals surface area contributed by atoms with Crippen molar-refractivity contribution in [1.29, 1.82) is 0 Å². The van der Waals surface area contributed by atoms with Crippen LogP contribution in [0.3, 0.4) is 0 Å². The summed E-state index contributed by atoms with van der Waals surface area (Å²) < 4.78 is 26.5. The molecular weight excluding hydrogens is 226 g/mol. The minimum absolute atomic E-state index is 0.440. The van der Waals surface area contributed by atoms with Gasteiger partial charge in [0.2, 0.25) is 5.91 Å². The Kier molecular flexibility index (Phi) is 5.03. The zero-order valence-electron chi connectivity index (χ0n) is 9.67. The Bertz CT molecular complexity index is 376. The number of hydrogen-bond acceptors (Lipinski definition) is 2. The van der Waals surface area contributed by atoms with E-state index in [9.17, 15) is 13.6 Å². The molecule has 0 heterocycles. The number of carbonyl (C=O) groups excluding carboxylic acids is 1. The van der Waals surface area contributed by atoms with Crippen LogP contribution in [0.1, 0.15) is 26.2 Å². The number of unbranched alkanes of at least 4 members (excludes halogenated alkanes) is 1. The van der Waals surface area contributed by atoms with Crippen molar-refractivity contribution >= 4 is 11.6 Å². The quantitative estimate of drug-likeness (QED) is 0.833. The monoisotopic (exact) mass is 242 g/mol. The molecule has 0 bridgehead atoms. The van der Waals surface area contributed by atoms with Crippen LogP contribution < -0.4 is 11.1 Å². The largest absolute Gasteiger partial charge is 0.320 e. The highest BCUT2D eigenvalue weighted by atomic mass is 19.1. The van der Waals surface area contributed by atoms with Gasteiger partial charge in [-0.1, -0.05) is 25.8 Å². The molecule has 0 spiro atoms. The summed E-state index contributed by atoms with van der Waals surface area (Å²) in [7, 11) is 0. The molecule has 1 rings (SSSR count). The van der Waals surface area contributed by atoms with Gasteiger partial charge in [-0.15, -0.1) is 0 Å². The van der Waals surface area contributed by atoms with Crippen LogP contribution in [0.5, 0.6) is 0 Å². The lowest BCUT2D eigenvalue weighted by Crippen LogP contribution is -2.36. The van der Waals surface area contributed by atoms with Crippen LogP contribution in [0, 0.1) is 11.6 Å². The second-order valence-electron chi connectivity index (χ2n) is 3.83. The number of nitrogens with two attached hydrogens (primary N) is 1. The molecule has 0 radical (unpaired) electrons.